The minimum absolute atomic E-state index is 0.171. The van der Waals surface area contributed by atoms with Crippen molar-refractivity contribution in [1.29, 1.82) is 0 Å². The molecule has 0 spiro atoms. The largest absolute Gasteiger partial charge is 0.430 e. The first kappa shape index (κ1) is 8.00. The van der Waals surface area contributed by atoms with Crippen LogP contribution in [0.3, 0.4) is 0 Å². The molecule has 5 heteroatoms. The highest BCUT2D eigenvalue weighted by atomic mass is 16.7. The molecular formula is C6H8O5. The lowest BCUT2D eigenvalue weighted by atomic mass is 10.4. The van der Waals surface area contributed by atoms with Gasteiger partial charge in [-0.3, -0.25) is 4.79 Å². The average molecular weight is 160 g/mol. The van der Waals surface area contributed by atoms with E-state index >= 15 is 0 Å². The van der Waals surface area contributed by atoms with Crippen LogP contribution in [0, 0.1) is 0 Å². The van der Waals surface area contributed by atoms with E-state index in [-0.39, 0.29) is 6.47 Å². The van der Waals surface area contributed by atoms with Gasteiger partial charge in [0.2, 0.25) is 6.79 Å². The van der Waals surface area contributed by atoms with E-state index in [4.69, 9.17) is 5.11 Å². The number of ether oxygens (including phenoxy) is 2. The third kappa shape index (κ3) is 1.91. The van der Waals surface area contributed by atoms with Crippen molar-refractivity contribution in [3.8, 4) is 0 Å². The molecular weight excluding hydrogens is 152 g/mol. The maximum absolute atomic E-state index is 10.7. The summed E-state index contributed by atoms with van der Waals surface area (Å²) in [7, 11) is 0. The van der Waals surface area contributed by atoms with Gasteiger partial charge >= 0.3 is 5.97 Å². The second-order valence-corrected chi connectivity index (χ2v) is 2.34. The Bertz CT molecular complexity index is 172. The monoisotopic (exact) mass is 160 g/mol. The molecule has 0 unspecified atom stereocenters. The van der Waals surface area contributed by atoms with Gasteiger partial charge in [-0.1, -0.05) is 0 Å². The van der Waals surface area contributed by atoms with Gasteiger partial charge in [-0.15, -0.1) is 0 Å². The molecule has 0 aromatic rings. The summed E-state index contributed by atoms with van der Waals surface area (Å²) in [5, 5.41) is 9.08. The molecule has 0 aromatic carbocycles. The predicted octanol–water partition coefficient (Wildman–Crippen LogP) is -0.815. The van der Waals surface area contributed by atoms with Crippen LogP contribution < -0.4 is 0 Å². The molecule has 0 atom stereocenters. The molecule has 1 aliphatic rings. The van der Waals surface area contributed by atoms with Crippen molar-refractivity contribution >= 4 is 12.4 Å². The van der Waals surface area contributed by atoms with Crippen molar-refractivity contribution in [2.24, 2.45) is 0 Å². The summed E-state index contributed by atoms with van der Waals surface area (Å²) in [4.78, 5) is 20.3. The van der Waals surface area contributed by atoms with E-state index in [2.05, 4.69) is 9.47 Å². The fraction of sp³-hybridized carbons (Fsp3) is 0.667. The molecule has 0 heterocycles. The molecule has 0 aromatic heterocycles. The van der Waals surface area contributed by atoms with Crippen molar-refractivity contribution < 1.29 is 24.2 Å². The van der Waals surface area contributed by atoms with E-state index in [0.29, 0.717) is 12.8 Å². The molecule has 0 aliphatic heterocycles. The van der Waals surface area contributed by atoms with Gasteiger partial charge in [0.1, 0.15) is 0 Å². The number of rotatable bonds is 4. The molecule has 5 nitrogen and oxygen atoms in total. The molecule has 0 saturated heterocycles. The third-order valence-corrected chi connectivity index (χ3v) is 1.43. The summed E-state index contributed by atoms with van der Waals surface area (Å²) < 4.78 is 8.46. The second kappa shape index (κ2) is 2.87. The fourth-order valence-corrected chi connectivity index (χ4v) is 0.572. The Balaban J connectivity index is 2.16. The molecule has 1 saturated carbocycles. The summed E-state index contributed by atoms with van der Waals surface area (Å²) in [6.45, 7) is -0.255. The number of hydrogen-bond acceptors (Lipinski definition) is 5. The Morgan fingerprint density at radius 2 is 2.27 bits per heavy atom. The zero-order valence-electron chi connectivity index (χ0n) is 5.78. The van der Waals surface area contributed by atoms with Gasteiger partial charge in [0, 0.05) is 0 Å². The Labute approximate surface area is 62.9 Å². The Hall–Kier alpha value is -1.10. The van der Waals surface area contributed by atoms with Crippen LogP contribution in [0.25, 0.3) is 0 Å². The number of hydrogen-bond donors (Lipinski definition) is 1. The van der Waals surface area contributed by atoms with Crippen LogP contribution in [0.15, 0.2) is 0 Å². The van der Waals surface area contributed by atoms with Gasteiger partial charge in [0.05, 0.1) is 0 Å². The van der Waals surface area contributed by atoms with Crippen LogP contribution in [0.5, 0.6) is 0 Å². The van der Waals surface area contributed by atoms with Crippen LogP contribution in [-0.2, 0) is 19.1 Å². The zero-order chi connectivity index (χ0) is 8.32. The summed E-state index contributed by atoms with van der Waals surface area (Å²) in [6, 6.07) is 0. The summed E-state index contributed by atoms with van der Waals surface area (Å²) in [5.74, 6) is -0.723. The van der Waals surface area contributed by atoms with E-state index in [0.717, 1.165) is 0 Å². The Morgan fingerprint density at radius 3 is 2.73 bits per heavy atom. The van der Waals surface area contributed by atoms with Gasteiger partial charge in [0.15, 0.2) is 5.60 Å². The van der Waals surface area contributed by atoms with E-state index < -0.39 is 18.4 Å². The molecule has 1 rings (SSSR count). The van der Waals surface area contributed by atoms with Gasteiger partial charge in [-0.25, -0.2) is 4.79 Å². The molecule has 0 bridgehead atoms. The minimum Gasteiger partial charge on any atom is -0.430 e. The first-order valence-electron chi connectivity index (χ1n) is 3.14. The van der Waals surface area contributed by atoms with Gasteiger partial charge in [0.25, 0.3) is 6.47 Å². The highest BCUT2D eigenvalue weighted by Gasteiger charge is 2.49. The van der Waals surface area contributed by atoms with Crippen molar-refractivity contribution in [3.05, 3.63) is 0 Å². The van der Waals surface area contributed by atoms with Crippen LogP contribution >= 0.6 is 0 Å². The highest BCUT2D eigenvalue weighted by Crippen LogP contribution is 2.35. The minimum atomic E-state index is -1.30. The normalized spacial score (nSPS) is 18.6. The van der Waals surface area contributed by atoms with Crippen molar-refractivity contribution in [2.75, 3.05) is 6.79 Å². The molecule has 1 fully saturated rings. The Kier molecular flexibility index (Phi) is 2.09. The topological polar surface area (TPSA) is 72.8 Å². The lowest BCUT2D eigenvalue weighted by molar-refractivity contribution is -0.170. The van der Waals surface area contributed by atoms with E-state index in [1.807, 2.05) is 0 Å². The summed E-state index contributed by atoms with van der Waals surface area (Å²) >= 11 is 0. The Morgan fingerprint density at radius 1 is 1.64 bits per heavy atom. The SMILES string of the molecule is O=COCOC(=O)C1(O)CC1. The van der Waals surface area contributed by atoms with E-state index in [1.54, 1.807) is 0 Å². The van der Waals surface area contributed by atoms with Crippen LogP contribution in [0.1, 0.15) is 12.8 Å². The van der Waals surface area contributed by atoms with Crippen LogP contribution in [-0.4, -0.2) is 29.9 Å². The second-order valence-electron chi connectivity index (χ2n) is 2.34. The van der Waals surface area contributed by atoms with Crippen molar-refractivity contribution in [1.82, 2.24) is 0 Å². The van der Waals surface area contributed by atoms with Crippen molar-refractivity contribution in [2.45, 2.75) is 18.4 Å². The quantitative estimate of drug-likeness (QED) is 0.252. The van der Waals surface area contributed by atoms with Gasteiger partial charge in [-0.05, 0) is 12.8 Å². The van der Waals surface area contributed by atoms with Crippen LogP contribution in [0.2, 0.25) is 0 Å². The molecule has 1 N–H and O–H groups in total. The lowest BCUT2D eigenvalue weighted by Crippen LogP contribution is -2.25. The molecule has 1 aliphatic carbocycles. The first-order valence-corrected chi connectivity index (χ1v) is 3.14. The molecule has 0 radical (unpaired) electrons. The highest BCUT2D eigenvalue weighted by molar-refractivity contribution is 5.82. The fourth-order valence-electron chi connectivity index (χ4n) is 0.572. The number of carbonyl (C=O) groups excluding carboxylic acids is 2. The molecule has 11 heavy (non-hydrogen) atoms. The standard InChI is InChI=1S/C6H8O5/c7-3-10-4-11-5(8)6(9)1-2-6/h3,9H,1-2,4H2. The molecule has 62 valence electrons. The lowest BCUT2D eigenvalue weighted by Gasteiger charge is -2.05. The van der Waals surface area contributed by atoms with Crippen LogP contribution in [0.4, 0.5) is 0 Å². The summed E-state index contributed by atoms with van der Waals surface area (Å²) in [6.07, 6.45) is 0.847. The molecule has 0 amide bonds. The van der Waals surface area contributed by atoms with Gasteiger partial charge < -0.3 is 14.6 Å². The van der Waals surface area contributed by atoms with E-state index in [9.17, 15) is 9.59 Å². The number of aliphatic hydroxyl groups is 1. The zero-order valence-corrected chi connectivity index (χ0v) is 5.78. The van der Waals surface area contributed by atoms with Crippen molar-refractivity contribution in [3.63, 3.8) is 0 Å². The first-order chi connectivity index (χ1) is 5.19. The smallest absolute Gasteiger partial charge is 0.340 e. The predicted molar refractivity (Wildman–Crippen MR) is 32.3 cm³/mol. The number of carbonyl (C=O) groups is 2. The van der Waals surface area contributed by atoms with E-state index in [1.165, 1.54) is 0 Å². The maximum Gasteiger partial charge on any atom is 0.340 e. The summed E-state index contributed by atoms with van der Waals surface area (Å²) in [5.41, 5.74) is -1.30. The third-order valence-electron chi connectivity index (χ3n) is 1.43. The van der Waals surface area contributed by atoms with Gasteiger partial charge in [-0.2, -0.15) is 0 Å². The maximum atomic E-state index is 10.7. The average Bonchev–Trinajstić information content (AvgIpc) is 2.70. The number of esters is 1.